The van der Waals surface area contributed by atoms with Crippen LogP contribution in [-0.4, -0.2) is 24.3 Å². The first-order valence-corrected chi connectivity index (χ1v) is 9.99. The van der Waals surface area contributed by atoms with E-state index in [1.807, 2.05) is 17.5 Å². The zero-order valence-electron chi connectivity index (χ0n) is 12.2. The summed E-state index contributed by atoms with van der Waals surface area (Å²) in [5.41, 5.74) is 0. The Balaban J connectivity index is 1.50. The highest BCUT2D eigenvalue weighted by Gasteiger charge is 2.19. The van der Waals surface area contributed by atoms with E-state index >= 15 is 0 Å². The molecule has 2 heterocycles. The smallest absolute Gasteiger partial charge is 0.268 e. The van der Waals surface area contributed by atoms with Crippen molar-refractivity contribution in [2.24, 2.45) is 5.92 Å². The van der Waals surface area contributed by atoms with Crippen molar-refractivity contribution in [2.45, 2.75) is 38.6 Å². The van der Waals surface area contributed by atoms with Gasteiger partial charge in [0.2, 0.25) is 10.0 Å². The van der Waals surface area contributed by atoms with Gasteiger partial charge in [-0.15, -0.1) is 11.3 Å². The Labute approximate surface area is 134 Å². The first-order valence-electron chi connectivity index (χ1n) is 7.46. The van der Waals surface area contributed by atoms with E-state index in [9.17, 15) is 8.42 Å². The molecule has 0 atom stereocenters. The summed E-state index contributed by atoms with van der Waals surface area (Å²) in [5.74, 6) is 1.52. The second-order valence-corrected chi connectivity index (χ2v) is 8.45. The average molecular weight is 341 g/mol. The number of hydrogen-bond acceptors (Lipinski definition) is 6. The number of sulfonamides is 1. The Morgan fingerprint density at radius 2 is 2.18 bits per heavy atom. The van der Waals surface area contributed by atoms with Crippen LogP contribution < -0.4 is 4.72 Å². The molecule has 0 amide bonds. The van der Waals surface area contributed by atoms with Crippen LogP contribution >= 0.6 is 11.3 Å². The van der Waals surface area contributed by atoms with Crippen molar-refractivity contribution < 1.29 is 12.9 Å². The lowest BCUT2D eigenvalue weighted by molar-refractivity contribution is 0.422. The molecule has 0 aromatic carbocycles. The van der Waals surface area contributed by atoms with Gasteiger partial charge in [-0.3, -0.25) is 0 Å². The lowest BCUT2D eigenvalue weighted by Crippen LogP contribution is -2.27. The Kier molecular flexibility index (Phi) is 4.90. The Morgan fingerprint density at radius 3 is 2.91 bits per heavy atom. The molecule has 1 saturated carbocycles. The Morgan fingerprint density at radius 1 is 1.36 bits per heavy atom. The van der Waals surface area contributed by atoms with E-state index in [1.165, 1.54) is 24.2 Å². The van der Waals surface area contributed by atoms with E-state index < -0.39 is 10.0 Å². The van der Waals surface area contributed by atoms with Gasteiger partial charge >= 0.3 is 0 Å². The van der Waals surface area contributed by atoms with E-state index in [0.29, 0.717) is 17.6 Å². The minimum absolute atomic E-state index is 0.0713. The lowest BCUT2D eigenvalue weighted by Gasteiger charge is -2.09. The van der Waals surface area contributed by atoms with Gasteiger partial charge in [-0.2, -0.15) is 4.98 Å². The maximum Gasteiger partial charge on any atom is 0.268 e. The SMILES string of the molecule is O=S(=O)(CCC1CCCC1)NCc1noc(-c2cccs2)n1. The van der Waals surface area contributed by atoms with Crippen LogP contribution in [0.5, 0.6) is 0 Å². The molecule has 0 unspecified atom stereocenters. The van der Waals surface area contributed by atoms with E-state index in [1.54, 1.807) is 0 Å². The molecule has 0 bridgehead atoms. The minimum atomic E-state index is -3.28. The number of hydrogen-bond donors (Lipinski definition) is 1. The minimum Gasteiger partial charge on any atom is -0.333 e. The van der Waals surface area contributed by atoms with Gasteiger partial charge < -0.3 is 4.52 Å². The van der Waals surface area contributed by atoms with Crippen molar-refractivity contribution in [3.05, 3.63) is 23.3 Å². The molecular formula is C14H19N3O3S2. The van der Waals surface area contributed by atoms with Crippen LogP contribution in [0.25, 0.3) is 10.8 Å². The molecular weight excluding hydrogens is 322 g/mol. The normalized spacial score (nSPS) is 16.4. The molecule has 22 heavy (non-hydrogen) atoms. The highest BCUT2D eigenvalue weighted by atomic mass is 32.2. The van der Waals surface area contributed by atoms with Crippen molar-refractivity contribution in [1.29, 1.82) is 0 Å². The monoisotopic (exact) mass is 341 g/mol. The fourth-order valence-electron chi connectivity index (χ4n) is 2.69. The van der Waals surface area contributed by atoms with E-state index in [-0.39, 0.29) is 12.3 Å². The third-order valence-corrected chi connectivity index (χ3v) is 6.13. The van der Waals surface area contributed by atoms with Gasteiger partial charge in [-0.25, -0.2) is 13.1 Å². The van der Waals surface area contributed by atoms with E-state index in [4.69, 9.17) is 4.52 Å². The molecule has 1 aliphatic carbocycles. The fourth-order valence-corrected chi connectivity index (χ4v) is 4.48. The summed E-state index contributed by atoms with van der Waals surface area (Å²) in [7, 11) is -3.28. The zero-order valence-corrected chi connectivity index (χ0v) is 13.8. The quantitative estimate of drug-likeness (QED) is 0.837. The van der Waals surface area contributed by atoms with Crippen molar-refractivity contribution in [3.63, 3.8) is 0 Å². The molecule has 0 radical (unpaired) electrons. The van der Waals surface area contributed by atoms with Gasteiger partial charge in [-0.1, -0.05) is 36.9 Å². The molecule has 120 valence electrons. The summed E-state index contributed by atoms with van der Waals surface area (Å²) in [4.78, 5) is 5.08. The number of aromatic nitrogens is 2. The van der Waals surface area contributed by atoms with Crippen LogP contribution in [0.1, 0.15) is 37.9 Å². The fraction of sp³-hybridized carbons (Fsp3) is 0.571. The van der Waals surface area contributed by atoms with Crippen LogP contribution in [0.2, 0.25) is 0 Å². The zero-order chi connectivity index (χ0) is 15.4. The van der Waals surface area contributed by atoms with Gasteiger partial charge in [0.25, 0.3) is 5.89 Å². The van der Waals surface area contributed by atoms with Crippen molar-refractivity contribution in [3.8, 4) is 10.8 Å². The lowest BCUT2D eigenvalue weighted by atomic mass is 10.1. The second-order valence-electron chi connectivity index (χ2n) is 5.57. The molecule has 0 spiro atoms. The van der Waals surface area contributed by atoms with E-state index in [0.717, 1.165) is 24.1 Å². The maximum absolute atomic E-state index is 12.0. The number of thiophene rings is 1. The van der Waals surface area contributed by atoms with Gasteiger partial charge in [0.15, 0.2) is 5.82 Å². The van der Waals surface area contributed by atoms with Crippen LogP contribution in [0.15, 0.2) is 22.0 Å². The summed E-state index contributed by atoms with van der Waals surface area (Å²) < 4.78 is 31.7. The molecule has 0 saturated heterocycles. The van der Waals surface area contributed by atoms with Gasteiger partial charge in [0.1, 0.15) is 0 Å². The average Bonchev–Trinajstić information content (AvgIpc) is 3.24. The van der Waals surface area contributed by atoms with Crippen molar-refractivity contribution >= 4 is 21.4 Å². The Hall–Kier alpha value is -1.25. The standard InChI is InChI=1S/C14H19N3O3S2/c18-22(19,9-7-11-4-1-2-5-11)15-10-13-16-14(20-17-13)12-6-3-8-21-12/h3,6,8,11,15H,1-2,4-5,7,9-10H2. The van der Waals surface area contributed by atoms with E-state index in [2.05, 4.69) is 14.9 Å². The molecule has 0 aliphatic heterocycles. The predicted octanol–water partition coefficient (Wildman–Crippen LogP) is 2.80. The molecule has 2 aromatic heterocycles. The maximum atomic E-state index is 12.0. The Bertz CT molecular complexity index is 689. The highest BCUT2D eigenvalue weighted by Crippen LogP contribution is 2.27. The van der Waals surface area contributed by atoms with Gasteiger partial charge in [-0.05, 0) is 23.8 Å². The summed E-state index contributed by atoms with van der Waals surface area (Å²) in [6.07, 6.45) is 5.51. The summed E-state index contributed by atoms with van der Waals surface area (Å²) >= 11 is 1.50. The number of nitrogens with one attached hydrogen (secondary N) is 1. The summed E-state index contributed by atoms with van der Waals surface area (Å²) in [6.45, 7) is 0.0713. The molecule has 8 heteroatoms. The van der Waals surface area contributed by atoms with Crippen LogP contribution in [0.3, 0.4) is 0 Å². The molecule has 1 N–H and O–H groups in total. The third-order valence-electron chi connectivity index (χ3n) is 3.92. The highest BCUT2D eigenvalue weighted by molar-refractivity contribution is 7.89. The first-order chi connectivity index (χ1) is 10.6. The molecule has 3 rings (SSSR count). The van der Waals surface area contributed by atoms with Gasteiger partial charge in [0.05, 0.1) is 17.2 Å². The molecule has 2 aromatic rings. The number of nitrogens with zero attached hydrogens (tertiary/aromatic N) is 2. The van der Waals surface area contributed by atoms with Crippen molar-refractivity contribution in [1.82, 2.24) is 14.9 Å². The molecule has 6 nitrogen and oxygen atoms in total. The second kappa shape index (κ2) is 6.89. The predicted molar refractivity (Wildman–Crippen MR) is 84.8 cm³/mol. The van der Waals surface area contributed by atoms with Crippen LogP contribution in [0.4, 0.5) is 0 Å². The summed E-state index contributed by atoms with van der Waals surface area (Å²) in [6, 6.07) is 3.78. The van der Waals surface area contributed by atoms with Crippen LogP contribution in [-0.2, 0) is 16.6 Å². The van der Waals surface area contributed by atoms with Gasteiger partial charge in [0, 0.05) is 0 Å². The third kappa shape index (κ3) is 4.15. The summed E-state index contributed by atoms with van der Waals surface area (Å²) in [5, 5.41) is 5.73. The topological polar surface area (TPSA) is 85.1 Å². The van der Waals surface area contributed by atoms with Crippen LogP contribution in [0, 0.1) is 5.92 Å². The largest absolute Gasteiger partial charge is 0.333 e. The van der Waals surface area contributed by atoms with Crippen molar-refractivity contribution in [2.75, 3.05) is 5.75 Å². The molecule has 1 aliphatic rings. The first kappa shape index (κ1) is 15.6. The number of rotatable bonds is 7. The molecule has 1 fully saturated rings.